The summed E-state index contributed by atoms with van der Waals surface area (Å²) in [5, 5.41) is 11.8. The highest BCUT2D eigenvalue weighted by atomic mass is 16.5. The molecular formula is C14H17N5O. The van der Waals surface area contributed by atoms with Crippen LogP contribution in [0.2, 0.25) is 0 Å². The van der Waals surface area contributed by atoms with E-state index in [-0.39, 0.29) is 6.04 Å². The van der Waals surface area contributed by atoms with E-state index in [9.17, 15) is 0 Å². The van der Waals surface area contributed by atoms with Crippen molar-refractivity contribution in [2.45, 2.75) is 33.4 Å². The molecule has 3 aromatic heterocycles. The third kappa shape index (κ3) is 2.30. The second-order valence-corrected chi connectivity index (χ2v) is 4.95. The molecule has 1 atom stereocenters. The summed E-state index contributed by atoms with van der Waals surface area (Å²) in [5.74, 6) is 0. The van der Waals surface area contributed by atoms with Crippen LogP contribution in [0.3, 0.4) is 0 Å². The number of hydrogen-bond donors (Lipinski definition) is 1. The lowest BCUT2D eigenvalue weighted by Crippen LogP contribution is -2.20. The smallest absolute Gasteiger partial charge is 0.155 e. The molecule has 104 valence electrons. The maximum atomic E-state index is 4.82. The van der Waals surface area contributed by atoms with Crippen molar-refractivity contribution in [3.05, 3.63) is 47.2 Å². The quantitative estimate of drug-likeness (QED) is 0.787. The van der Waals surface area contributed by atoms with Gasteiger partial charge >= 0.3 is 0 Å². The molecule has 1 N–H and O–H groups in total. The molecule has 3 rings (SSSR count). The first-order valence-corrected chi connectivity index (χ1v) is 6.59. The number of fused-ring (bicyclic) bond motifs is 1. The highest BCUT2D eigenvalue weighted by Crippen LogP contribution is 2.18. The molecule has 0 aliphatic carbocycles. The van der Waals surface area contributed by atoms with Crippen molar-refractivity contribution in [2.75, 3.05) is 0 Å². The summed E-state index contributed by atoms with van der Waals surface area (Å²) >= 11 is 0. The molecule has 0 fully saturated rings. The van der Waals surface area contributed by atoms with Gasteiger partial charge in [-0.15, -0.1) is 0 Å². The molecule has 6 nitrogen and oxygen atoms in total. The fraction of sp³-hybridized carbons (Fsp3) is 0.357. The normalized spacial score (nSPS) is 12.9. The van der Waals surface area contributed by atoms with E-state index < -0.39 is 0 Å². The lowest BCUT2D eigenvalue weighted by molar-refractivity contribution is 0.406. The van der Waals surface area contributed by atoms with Gasteiger partial charge in [-0.3, -0.25) is 0 Å². The Balaban J connectivity index is 1.83. The van der Waals surface area contributed by atoms with E-state index in [1.54, 1.807) is 6.26 Å². The number of rotatable bonds is 4. The van der Waals surface area contributed by atoms with Gasteiger partial charge in [0.15, 0.2) is 5.65 Å². The second-order valence-electron chi connectivity index (χ2n) is 4.95. The average molecular weight is 271 g/mol. The van der Waals surface area contributed by atoms with E-state index in [0.29, 0.717) is 6.54 Å². The lowest BCUT2D eigenvalue weighted by atomic mass is 10.1. The highest BCUT2D eigenvalue weighted by Gasteiger charge is 2.13. The maximum Gasteiger partial charge on any atom is 0.155 e. The zero-order chi connectivity index (χ0) is 14.1. The maximum absolute atomic E-state index is 4.82. The van der Waals surface area contributed by atoms with Crippen LogP contribution in [0.4, 0.5) is 0 Å². The van der Waals surface area contributed by atoms with Gasteiger partial charge in [0, 0.05) is 42.2 Å². The molecule has 3 aromatic rings. The minimum absolute atomic E-state index is 0.160. The van der Waals surface area contributed by atoms with E-state index in [2.05, 4.69) is 34.4 Å². The third-order valence-electron chi connectivity index (χ3n) is 3.43. The van der Waals surface area contributed by atoms with Gasteiger partial charge in [0.05, 0.1) is 11.4 Å². The Labute approximate surface area is 116 Å². The Morgan fingerprint density at radius 1 is 1.40 bits per heavy atom. The Bertz CT molecular complexity index is 717. The van der Waals surface area contributed by atoms with Crippen molar-refractivity contribution in [2.24, 2.45) is 0 Å². The number of aromatic nitrogens is 4. The van der Waals surface area contributed by atoms with E-state index in [1.807, 2.05) is 29.8 Å². The van der Waals surface area contributed by atoms with Crippen molar-refractivity contribution >= 4 is 5.65 Å². The molecule has 6 heteroatoms. The zero-order valence-corrected chi connectivity index (χ0v) is 11.8. The molecule has 20 heavy (non-hydrogen) atoms. The van der Waals surface area contributed by atoms with Crippen LogP contribution in [0.5, 0.6) is 0 Å². The molecule has 0 aromatic carbocycles. The van der Waals surface area contributed by atoms with Crippen molar-refractivity contribution in [3.63, 3.8) is 0 Å². The molecule has 0 bridgehead atoms. The van der Waals surface area contributed by atoms with Crippen LogP contribution >= 0.6 is 0 Å². The first-order chi connectivity index (χ1) is 9.65. The number of nitrogens with one attached hydrogen (secondary N) is 1. The van der Waals surface area contributed by atoms with Crippen LogP contribution in [0.15, 0.2) is 29.1 Å². The van der Waals surface area contributed by atoms with Crippen molar-refractivity contribution in [1.82, 2.24) is 25.1 Å². The molecule has 3 heterocycles. The van der Waals surface area contributed by atoms with Gasteiger partial charge in [0.1, 0.15) is 6.26 Å². The van der Waals surface area contributed by atoms with Gasteiger partial charge in [-0.05, 0) is 20.8 Å². The van der Waals surface area contributed by atoms with Crippen molar-refractivity contribution in [3.8, 4) is 0 Å². The van der Waals surface area contributed by atoms with Crippen molar-refractivity contribution < 1.29 is 4.52 Å². The standard InChI is InChI=1S/C14H17N5O/c1-9-6-14-16-8-13(11(3)19(14)17-9)10(2)15-7-12-4-5-20-18-12/h4-6,8,10,15H,7H2,1-3H3. The SMILES string of the molecule is Cc1cc2ncc(C(C)NCc3ccon3)c(C)n2n1. The number of hydrogen-bond acceptors (Lipinski definition) is 5. The Hall–Kier alpha value is -2.21. The van der Waals surface area contributed by atoms with Gasteiger partial charge in [0.25, 0.3) is 0 Å². The van der Waals surface area contributed by atoms with Crippen LogP contribution in [-0.2, 0) is 6.54 Å². The fourth-order valence-electron chi connectivity index (χ4n) is 2.30. The van der Waals surface area contributed by atoms with Crippen LogP contribution in [0.25, 0.3) is 5.65 Å². The minimum Gasteiger partial charge on any atom is -0.364 e. The van der Waals surface area contributed by atoms with Gasteiger partial charge in [-0.25, -0.2) is 9.50 Å². The summed E-state index contributed by atoms with van der Waals surface area (Å²) in [6.07, 6.45) is 3.49. The zero-order valence-electron chi connectivity index (χ0n) is 11.8. The molecule has 0 saturated heterocycles. The Morgan fingerprint density at radius 2 is 2.25 bits per heavy atom. The molecule has 1 unspecified atom stereocenters. The second kappa shape index (κ2) is 5.05. The topological polar surface area (TPSA) is 68.2 Å². The molecule has 0 aliphatic heterocycles. The summed E-state index contributed by atoms with van der Waals surface area (Å²) in [5.41, 5.74) is 4.97. The van der Waals surface area contributed by atoms with Crippen LogP contribution in [-0.4, -0.2) is 19.8 Å². The summed E-state index contributed by atoms with van der Waals surface area (Å²) in [7, 11) is 0. The van der Waals surface area contributed by atoms with Gasteiger partial charge in [0.2, 0.25) is 0 Å². The summed E-state index contributed by atoms with van der Waals surface area (Å²) in [4.78, 5) is 4.46. The summed E-state index contributed by atoms with van der Waals surface area (Å²) in [6.45, 7) is 6.80. The number of aryl methyl sites for hydroxylation is 2. The van der Waals surface area contributed by atoms with Crippen molar-refractivity contribution in [1.29, 1.82) is 0 Å². The van der Waals surface area contributed by atoms with Gasteiger partial charge in [-0.1, -0.05) is 5.16 Å². The summed E-state index contributed by atoms with van der Waals surface area (Å²) < 4.78 is 6.71. The molecule has 0 spiro atoms. The van der Waals surface area contributed by atoms with Crippen LogP contribution < -0.4 is 5.32 Å². The molecular weight excluding hydrogens is 254 g/mol. The Kier molecular flexibility index (Phi) is 3.23. The first-order valence-electron chi connectivity index (χ1n) is 6.59. The predicted molar refractivity (Wildman–Crippen MR) is 74.2 cm³/mol. The predicted octanol–water partition coefficient (Wildman–Crippen LogP) is 2.18. The van der Waals surface area contributed by atoms with E-state index >= 15 is 0 Å². The number of nitrogens with zero attached hydrogens (tertiary/aromatic N) is 4. The monoisotopic (exact) mass is 271 g/mol. The van der Waals surface area contributed by atoms with E-state index in [4.69, 9.17) is 4.52 Å². The fourth-order valence-corrected chi connectivity index (χ4v) is 2.30. The van der Waals surface area contributed by atoms with Gasteiger partial charge in [-0.2, -0.15) is 5.10 Å². The molecule has 0 saturated carbocycles. The third-order valence-corrected chi connectivity index (χ3v) is 3.43. The lowest BCUT2D eigenvalue weighted by Gasteiger charge is -2.15. The highest BCUT2D eigenvalue weighted by molar-refractivity contribution is 5.42. The molecule has 0 radical (unpaired) electrons. The first kappa shape index (κ1) is 12.8. The molecule has 0 aliphatic rings. The van der Waals surface area contributed by atoms with E-state index in [0.717, 1.165) is 28.3 Å². The average Bonchev–Trinajstić information content (AvgIpc) is 3.05. The summed E-state index contributed by atoms with van der Waals surface area (Å²) in [6, 6.07) is 3.99. The Morgan fingerprint density at radius 3 is 3.00 bits per heavy atom. The van der Waals surface area contributed by atoms with Gasteiger partial charge < -0.3 is 9.84 Å². The van der Waals surface area contributed by atoms with E-state index in [1.165, 1.54) is 0 Å². The largest absolute Gasteiger partial charge is 0.364 e. The van der Waals surface area contributed by atoms with Crippen LogP contribution in [0, 0.1) is 13.8 Å². The van der Waals surface area contributed by atoms with Crippen LogP contribution in [0.1, 0.15) is 35.6 Å². The minimum atomic E-state index is 0.160. The molecule has 0 amide bonds.